The fourth-order valence-electron chi connectivity index (χ4n) is 1.70. The summed E-state index contributed by atoms with van der Waals surface area (Å²) in [7, 11) is 0. The van der Waals surface area contributed by atoms with Crippen molar-refractivity contribution in [3.63, 3.8) is 0 Å². The van der Waals surface area contributed by atoms with Crippen LogP contribution in [0.5, 0.6) is 0 Å². The van der Waals surface area contributed by atoms with E-state index in [0.29, 0.717) is 11.5 Å². The lowest BCUT2D eigenvalue weighted by Crippen LogP contribution is -2.33. The van der Waals surface area contributed by atoms with Crippen molar-refractivity contribution in [1.29, 1.82) is 0 Å². The molecule has 1 aromatic rings. The van der Waals surface area contributed by atoms with Gasteiger partial charge in [-0.2, -0.15) is 0 Å². The SMILES string of the molecule is CC(C)CCC(C)NC(=O)c1ccc(F)cc1N. The number of anilines is 1. The maximum absolute atomic E-state index is 12.9. The molecule has 1 unspecified atom stereocenters. The highest BCUT2D eigenvalue weighted by molar-refractivity contribution is 5.99. The van der Waals surface area contributed by atoms with Gasteiger partial charge in [-0.05, 0) is 43.9 Å². The molecule has 1 aromatic carbocycles. The first-order valence-corrected chi connectivity index (χ1v) is 6.26. The summed E-state index contributed by atoms with van der Waals surface area (Å²) in [4.78, 5) is 11.9. The number of halogens is 1. The molecule has 0 spiro atoms. The van der Waals surface area contributed by atoms with Gasteiger partial charge in [0.15, 0.2) is 0 Å². The van der Waals surface area contributed by atoms with Gasteiger partial charge in [-0.15, -0.1) is 0 Å². The number of hydrogen-bond donors (Lipinski definition) is 2. The molecule has 0 aliphatic carbocycles. The molecule has 18 heavy (non-hydrogen) atoms. The van der Waals surface area contributed by atoms with E-state index in [4.69, 9.17) is 5.73 Å². The van der Waals surface area contributed by atoms with Crippen molar-refractivity contribution in [2.24, 2.45) is 5.92 Å². The predicted molar refractivity (Wildman–Crippen MR) is 71.8 cm³/mol. The summed E-state index contributed by atoms with van der Waals surface area (Å²) >= 11 is 0. The van der Waals surface area contributed by atoms with Crippen molar-refractivity contribution >= 4 is 11.6 Å². The largest absolute Gasteiger partial charge is 0.398 e. The smallest absolute Gasteiger partial charge is 0.253 e. The van der Waals surface area contributed by atoms with Gasteiger partial charge in [-0.25, -0.2) is 4.39 Å². The Morgan fingerprint density at radius 2 is 2.00 bits per heavy atom. The molecule has 4 heteroatoms. The number of rotatable bonds is 5. The lowest BCUT2D eigenvalue weighted by Gasteiger charge is -2.15. The maximum Gasteiger partial charge on any atom is 0.253 e. The molecule has 0 saturated heterocycles. The van der Waals surface area contributed by atoms with E-state index in [1.165, 1.54) is 12.1 Å². The average Bonchev–Trinajstić information content (AvgIpc) is 2.26. The molecule has 1 amide bonds. The summed E-state index contributed by atoms with van der Waals surface area (Å²) in [6.07, 6.45) is 1.98. The molecule has 3 N–H and O–H groups in total. The fraction of sp³-hybridized carbons (Fsp3) is 0.500. The van der Waals surface area contributed by atoms with Crippen molar-refractivity contribution in [3.05, 3.63) is 29.6 Å². The first-order valence-electron chi connectivity index (χ1n) is 6.26. The van der Waals surface area contributed by atoms with Gasteiger partial charge in [0.1, 0.15) is 5.82 Å². The van der Waals surface area contributed by atoms with E-state index in [2.05, 4.69) is 19.2 Å². The van der Waals surface area contributed by atoms with Gasteiger partial charge >= 0.3 is 0 Å². The minimum atomic E-state index is -0.433. The second-order valence-electron chi connectivity index (χ2n) is 5.08. The van der Waals surface area contributed by atoms with Crippen molar-refractivity contribution in [2.45, 2.75) is 39.7 Å². The van der Waals surface area contributed by atoms with Gasteiger partial charge < -0.3 is 11.1 Å². The van der Waals surface area contributed by atoms with E-state index in [0.717, 1.165) is 18.9 Å². The van der Waals surface area contributed by atoms with E-state index >= 15 is 0 Å². The summed E-state index contributed by atoms with van der Waals surface area (Å²) in [6.45, 7) is 6.25. The Hall–Kier alpha value is -1.58. The first kappa shape index (κ1) is 14.5. The molecule has 1 atom stereocenters. The number of nitrogen functional groups attached to an aromatic ring is 1. The van der Waals surface area contributed by atoms with Gasteiger partial charge in [0.05, 0.1) is 5.56 Å². The topological polar surface area (TPSA) is 55.1 Å². The molecule has 0 bridgehead atoms. The van der Waals surface area contributed by atoms with Gasteiger partial charge in [0.25, 0.3) is 5.91 Å². The normalized spacial score (nSPS) is 12.5. The van der Waals surface area contributed by atoms with Gasteiger partial charge in [0, 0.05) is 11.7 Å². The highest BCUT2D eigenvalue weighted by Crippen LogP contribution is 2.14. The Morgan fingerprint density at radius 1 is 1.33 bits per heavy atom. The van der Waals surface area contributed by atoms with E-state index in [1.54, 1.807) is 0 Å². The maximum atomic E-state index is 12.9. The molecular weight excluding hydrogens is 231 g/mol. The number of carbonyl (C=O) groups excluding carboxylic acids is 1. The Kier molecular flexibility index (Phi) is 5.13. The number of nitrogens with two attached hydrogens (primary N) is 1. The summed E-state index contributed by atoms with van der Waals surface area (Å²) < 4.78 is 12.9. The zero-order valence-electron chi connectivity index (χ0n) is 11.2. The van der Waals surface area contributed by atoms with Crippen LogP contribution in [0.25, 0.3) is 0 Å². The van der Waals surface area contributed by atoms with Crippen molar-refractivity contribution in [3.8, 4) is 0 Å². The first-order chi connectivity index (χ1) is 8.40. The molecule has 0 heterocycles. The number of benzene rings is 1. The Morgan fingerprint density at radius 3 is 2.56 bits per heavy atom. The van der Waals surface area contributed by atoms with Crippen LogP contribution in [-0.4, -0.2) is 11.9 Å². The van der Waals surface area contributed by atoms with Crippen LogP contribution >= 0.6 is 0 Å². The number of hydrogen-bond acceptors (Lipinski definition) is 2. The molecule has 100 valence electrons. The van der Waals surface area contributed by atoms with E-state index in [9.17, 15) is 9.18 Å². The third kappa shape index (κ3) is 4.35. The molecular formula is C14H21FN2O. The van der Waals surface area contributed by atoms with Crippen LogP contribution in [0.3, 0.4) is 0 Å². The highest BCUT2D eigenvalue weighted by atomic mass is 19.1. The quantitative estimate of drug-likeness (QED) is 0.792. The number of carbonyl (C=O) groups is 1. The zero-order valence-corrected chi connectivity index (χ0v) is 11.2. The number of nitrogens with one attached hydrogen (secondary N) is 1. The second kappa shape index (κ2) is 6.38. The van der Waals surface area contributed by atoms with Crippen LogP contribution in [0.2, 0.25) is 0 Å². The van der Waals surface area contributed by atoms with Crippen molar-refractivity contribution in [2.75, 3.05) is 5.73 Å². The van der Waals surface area contributed by atoms with Crippen LogP contribution in [0.1, 0.15) is 44.0 Å². The Bertz CT molecular complexity index is 418. The van der Waals surface area contributed by atoms with Crippen LogP contribution in [0, 0.1) is 11.7 Å². The van der Waals surface area contributed by atoms with Gasteiger partial charge in [-0.1, -0.05) is 13.8 Å². The highest BCUT2D eigenvalue weighted by Gasteiger charge is 2.13. The van der Waals surface area contributed by atoms with Crippen molar-refractivity contribution in [1.82, 2.24) is 5.32 Å². The zero-order chi connectivity index (χ0) is 13.7. The third-order valence-electron chi connectivity index (χ3n) is 2.81. The average molecular weight is 252 g/mol. The van der Waals surface area contributed by atoms with E-state index in [-0.39, 0.29) is 17.6 Å². The standard InChI is InChI=1S/C14H21FN2O/c1-9(2)4-5-10(3)17-14(18)12-7-6-11(15)8-13(12)16/h6-10H,4-5,16H2,1-3H3,(H,17,18). The molecule has 1 rings (SSSR count). The molecule has 0 aromatic heterocycles. The summed E-state index contributed by atoms with van der Waals surface area (Å²) in [5.41, 5.74) is 6.12. The molecule has 0 aliphatic heterocycles. The predicted octanol–water partition coefficient (Wildman–Crippen LogP) is 2.96. The van der Waals surface area contributed by atoms with Gasteiger partial charge in [0.2, 0.25) is 0 Å². The van der Waals surface area contributed by atoms with E-state index < -0.39 is 5.82 Å². The second-order valence-corrected chi connectivity index (χ2v) is 5.08. The molecule has 0 fully saturated rings. The lowest BCUT2D eigenvalue weighted by molar-refractivity contribution is 0.0938. The lowest BCUT2D eigenvalue weighted by atomic mass is 10.0. The molecule has 0 aliphatic rings. The van der Waals surface area contributed by atoms with Crippen LogP contribution in [0.4, 0.5) is 10.1 Å². The Labute approximate surface area is 108 Å². The summed E-state index contributed by atoms with van der Waals surface area (Å²) in [5.74, 6) is -0.0686. The molecule has 0 radical (unpaired) electrons. The van der Waals surface area contributed by atoms with Crippen LogP contribution < -0.4 is 11.1 Å². The van der Waals surface area contributed by atoms with Gasteiger partial charge in [-0.3, -0.25) is 4.79 Å². The molecule has 0 saturated carbocycles. The minimum absolute atomic E-state index is 0.0874. The van der Waals surface area contributed by atoms with Crippen molar-refractivity contribution < 1.29 is 9.18 Å². The van der Waals surface area contributed by atoms with Crippen LogP contribution in [-0.2, 0) is 0 Å². The van der Waals surface area contributed by atoms with E-state index in [1.807, 2.05) is 6.92 Å². The summed E-state index contributed by atoms with van der Waals surface area (Å²) in [5, 5.41) is 2.87. The monoisotopic (exact) mass is 252 g/mol. The summed E-state index contributed by atoms with van der Waals surface area (Å²) in [6, 6.07) is 3.90. The fourth-order valence-corrected chi connectivity index (χ4v) is 1.70. The molecule has 3 nitrogen and oxygen atoms in total. The Balaban J connectivity index is 2.59. The minimum Gasteiger partial charge on any atom is -0.398 e. The number of amides is 1. The third-order valence-corrected chi connectivity index (χ3v) is 2.81. The van der Waals surface area contributed by atoms with Crippen LogP contribution in [0.15, 0.2) is 18.2 Å².